The van der Waals surface area contributed by atoms with Gasteiger partial charge in [-0.05, 0) is 43.7 Å². The van der Waals surface area contributed by atoms with E-state index in [1.807, 2.05) is 31.2 Å². The van der Waals surface area contributed by atoms with Crippen LogP contribution in [0, 0.1) is 6.92 Å². The Morgan fingerprint density at radius 2 is 1.79 bits per heavy atom. The van der Waals surface area contributed by atoms with Gasteiger partial charge < -0.3 is 4.74 Å². The average molecular weight is 347 g/mol. The van der Waals surface area contributed by atoms with E-state index >= 15 is 0 Å². The Bertz CT molecular complexity index is 813. The predicted molar refractivity (Wildman–Crippen MR) is 92.9 cm³/mol. The first-order valence-corrected chi connectivity index (χ1v) is 9.01. The number of ketones is 1. The molecule has 0 unspecified atom stereocenters. The van der Waals surface area contributed by atoms with Gasteiger partial charge in [0.25, 0.3) is 0 Å². The van der Waals surface area contributed by atoms with Crippen LogP contribution in [0.2, 0.25) is 0 Å². The minimum atomic E-state index is -3.60. The Balaban J connectivity index is 1.99. The fraction of sp³-hybridized carbons (Fsp3) is 0.278. The van der Waals surface area contributed by atoms with Crippen molar-refractivity contribution >= 4 is 15.8 Å². The van der Waals surface area contributed by atoms with Crippen LogP contribution in [0.25, 0.3) is 0 Å². The Kier molecular flexibility index (Phi) is 5.75. The second-order valence-electron chi connectivity index (χ2n) is 5.57. The van der Waals surface area contributed by atoms with Gasteiger partial charge in [-0.15, -0.1) is 0 Å². The summed E-state index contributed by atoms with van der Waals surface area (Å²) in [6.07, 6.45) is 0. The van der Waals surface area contributed by atoms with Crippen molar-refractivity contribution in [3.05, 3.63) is 59.7 Å². The van der Waals surface area contributed by atoms with Crippen LogP contribution >= 0.6 is 0 Å². The second-order valence-corrected chi connectivity index (χ2v) is 7.62. The van der Waals surface area contributed by atoms with Gasteiger partial charge in [-0.25, -0.2) is 8.42 Å². The number of aryl methyl sites for hydroxylation is 1. The molecule has 0 saturated carbocycles. The van der Waals surface area contributed by atoms with Gasteiger partial charge in [-0.3, -0.25) is 4.79 Å². The van der Waals surface area contributed by atoms with Crippen molar-refractivity contribution in [2.24, 2.45) is 0 Å². The Morgan fingerprint density at radius 3 is 2.38 bits per heavy atom. The lowest BCUT2D eigenvalue weighted by atomic mass is 10.2. The summed E-state index contributed by atoms with van der Waals surface area (Å²) >= 11 is 0. The summed E-state index contributed by atoms with van der Waals surface area (Å²) in [7, 11) is -2.09. The molecule has 128 valence electrons. The number of rotatable bonds is 7. The topological polar surface area (TPSA) is 63.7 Å². The van der Waals surface area contributed by atoms with Gasteiger partial charge in [0.05, 0.1) is 4.90 Å². The SMILES string of the molecule is CC(=O)c1ccc(S(=O)(=O)N(C)CCOc2cccc(C)c2)cc1. The van der Waals surface area contributed by atoms with E-state index in [1.165, 1.54) is 42.5 Å². The summed E-state index contributed by atoms with van der Waals surface area (Å²) in [6.45, 7) is 3.89. The third-order valence-electron chi connectivity index (χ3n) is 3.63. The lowest BCUT2D eigenvalue weighted by Gasteiger charge is -2.17. The van der Waals surface area contributed by atoms with Gasteiger partial charge in [0.1, 0.15) is 12.4 Å². The molecule has 5 nitrogen and oxygen atoms in total. The van der Waals surface area contributed by atoms with Crippen molar-refractivity contribution < 1.29 is 17.9 Å². The molecule has 0 heterocycles. The summed E-state index contributed by atoms with van der Waals surface area (Å²) in [4.78, 5) is 11.4. The van der Waals surface area contributed by atoms with E-state index in [9.17, 15) is 13.2 Å². The zero-order valence-corrected chi connectivity index (χ0v) is 14.8. The van der Waals surface area contributed by atoms with Crippen molar-refractivity contribution in [3.63, 3.8) is 0 Å². The molecule has 0 spiro atoms. The van der Waals surface area contributed by atoms with Gasteiger partial charge in [0, 0.05) is 19.2 Å². The molecule has 0 aromatic heterocycles. The standard InChI is InChI=1S/C18H21NO4S/c1-14-5-4-6-17(13-14)23-12-11-19(3)24(21,22)18-9-7-16(8-10-18)15(2)20/h4-10,13H,11-12H2,1-3H3. The van der Waals surface area contributed by atoms with Crippen LogP contribution in [0.15, 0.2) is 53.4 Å². The molecule has 0 N–H and O–H groups in total. The zero-order valence-electron chi connectivity index (χ0n) is 14.0. The van der Waals surface area contributed by atoms with Gasteiger partial charge in [0.15, 0.2) is 5.78 Å². The van der Waals surface area contributed by atoms with E-state index < -0.39 is 10.0 Å². The molecule has 6 heteroatoms. The van der Waals surface area contributed by atoms with Gasteiger partial charge in [-0.1, -0.05) is 24.3 Å². The first kappa shape index (κ1) is 18.2. The molecule has 0 aliphatic rings. The van der Waals surface area contributed by atoms with Crippen molar-refractivity contribution in [2.45, 2.75) is 18.7 Å². The highest BCUT2D eigenvalue weighted by Crippen LogP contribution is 2.16. The van der Waals surface area contributed by atoms with Crippen molar-refractivity contribution in [1.29, 1.82) is 0 Å². The molecule has 24 heavy (non-hydrogen) atoms. The average Bonchev–Trinajstić information content (AvgIpc) is 2.55. The van der Waals surface area contributed by atoms with E-state index in [0.717, 1.165) is 5.56 Å². The summed E-state index contributed by atoms with van der Waals surface area (Å²) in [5.74, 6) is 0.616. The molecule has 0 aliphatic carbocycles. The normalized spacial score (nSPS) is 11.5. The lowest BCUT2D eigenvalue weighted by molar-refractivity contribution is 0.101. The molecule has 0 radical (unpaired) electrons. The first-order valence-electron chi connectivity index (χ1n) is 7.57. The van der Waals surface area contributed by atoms with Gasteiger partial charge in [-0.2, -0.15) is 4.31 Å². The molecule has 0 fully saturated rings. The number of carbonyl (C=O) groups is 1. The fourth-order valence-electron chi connectivity index (χ4n) is 2.16. The minimum Gasteiger partial charge on any atom is -0.492 e. The van der Waals surface area contributed by atoms with Gasteiger partial charge >= 0.3 is 0 Å². The molecule has 2 rings (SSSR count). The Morgan fingerprint density at radius 1 is 1.12 bits per heavy atom. The number of hydrogen-bond acceptors (Lipinski definition) is 4. The van der Waals surface area contributed by atoms with E-state index in [-0.39, 0.29) is 23.8 Å². The Labute approximate surface area is 142 Å². The number of carbonyl (C=O) groups excluding carboxylic acids is 1. The van der Waals surface area contributed by atoms with E-state index in [0.29, 0.717) is 11.3 Å². The van der Waals surface area contributed by atoms with Crippen LogP contribution in [0.3, 0.4) is 0 Å². The number of ether oxygens (including phenoxy) is 1. The highest BCUT2D eigenvalue weighted by Gasteiger charge is 2.20. The quantitative estimate of drug-likeness (QED) is 0.723. The van der Waals surface area contributed by atoms with Crippen molar-refractivity contribution in [1.82, 2.24) is 4.31 Å². The highest BCUT2D eigenvalue weighted by atomic mass is 32.2. The lowest BCUT2D eigenvalue weighted by Crippen LogP contribution is -2.31. The predicted octanol–water partition coefficient (Wildman–Crippen LogP) is 2.90. The maximum Gasteiger partial charge on any atom is 0.242 e. The van der Waals surface area contributed by atoms with Gasteiger partial charge in [0.2, 0.25) is 10.0 Å². The summed E-state index contributed by atoms with van der Waals surface area (Å²) in [5, 5.41) is 0. The number of sulfonamides is 1. The summed E-state index contributed by atoms with van der Waals surface area (Å²) in [6, 6.07) is 13.5. The molecule has 0 atom stereocenters. The largest absolute Gasteiger partial charge is 0.492 e. The van der Waals surface area contributed by atoms with Crippen LogP contribution < -0.4 is 4.74 Å². The van der Waals surface area contributed by atoms with Crippen LogP contribution in [0.4, 0.5) is 0 Å². The molecule has 0 aliphatic heterocycles. The second kappa shape index (κ2) is 7.59. The van der Waals surface area contributed by atoms with E-state index in [4.69, 9.17) is 4.74 Å². The van der Waals surface area contributed by atoms with Crippen LogP contribution in [-0.2, 0) is 10.0 Å². The van der Waals surface area contributed by atoms with Crippen molar-refractivity contribution in [2.75, 3.05) is 20.2 Å². The number of Topliss-reactive ketones (excluding diaryl/α,β-unsaturated/α-hetero) is 1. The summed E-state index contributed by atoms with van der Waals surface area (Å²) in [5.41, 5.74) is 1.57. The maximum atomic E-state index is 12.5. The molecule has 0 amide bonds. The minimum absolute atomic E-state index is 0.0983. The summed E-state index contributed by atoms with van der Waals surface area (Å²) < 4.78 is 31.8. The third-order valence-corrected chi connectivity index (χ3v) is 5.50. The number of hydrogen-bond donors (Lipinski definition) is 0. The molecule has 0 bridgehead atoms. The monoisotopic (exact) mass is 347 g/mol. The maximum absolute atomic E-state index is 12.5. The number of nitrogens with zero attached hydrogens (tertiary/aromatic N) is 1. The number of likely N-dealkylation sites (N-methyl/N-ethyl adjacent to an activating group) is 1. The van der Waals surface area contributed by atoms with Crippen LogP contribution in [-0.4, -0.2) is 38.7 Å². The van der Waals surface area contributed by atoms with E-state index in [2.05, 4.69) is 0 Å². The third kappa shape index (κ3) is 4.43. The van der Waals surface area contributed by atoms with Crippen LogP contribution in [0.1, 0.15) is 22.8 Å². The smallest absolute Gasteiger partial charge is 0.242 e. The molecular weight excluding hydrogens is 326 g/mol. The highest BCUT2D eigenvalue weighted by molar-refractivity contribution is 7.89. The molecule has 2 aromatic rings. The first-order chi connectivity index (χ1) is 11.3. The zero-order chi connectivity index (χ0) is 17.7. The van der Waals surface area contributed by atoms with Crippen LogP contribution in [0.5, 0.6) is 5.75 Å². The molecule has 0 saturated heterocycles. The van der Waals surface area contributed by atoms with E-state index in [1.54, 1.807) is 0 Å². The van der Waals surface area contributed by atoms with Crippen molar-refractivity contribution in [3.8, 4) is 5.75 Å². The molecule has 2 aromatic carbocycles. The number of benzene rings is 2. The fourth-order valence-corrected chi connectivity index (χ4v) is 3.31. The Hall–Kier alpha value is -2.18. The molecular formula is C18H21NO4S.